The van der Waals surface area contributed by atoms with Crippen molar-refractivity contribution in [3.63, 3.8) is 0 Å². The Kier molecular flexibility index (Phi) is 3.97. The van der Waals surface area contributed by atoms with Gasteiger partial charge in [-0.1, -0.05) is 29.8 Å². The number of benzene rings is 1. The molecule has 1 N–H and O–H groups in total. The van der Waals surface area contributed by atoms with Gasteiger partial charge in [0.25, 0.3) is 0 Å². The topological polar surface area (TPSA) is 72.3 Å². The number of hydrogen-bond acceptors (Lipinski definition) is 4. The number of carboxylic acids is 1. The zero-order chi connectivity index (χ0) is 13.8. The van der Waals surface area contributed by atoms with Crippen molar-refractivity contribution in [2.45, 2.75) is 13.5 Å². The molecule has 0 radical (unpaired) electrons. The van der Waals surface area contributed by atoms with Crippen molar-refractivity contribution in [3.05, 3.63) is 52.6 Å². The zero-order valence-electron chi connectivity index (χ0n) is 10.1. The van der Waals surface area contributed by atoms with Crippen LogP contribution in [-0.2, 0) is 6.61 Å². The minimum Gasteiger partial charge on any atom is -0.485 e. The van der Waals surface area contributed by atoms with Crippen LogP contribution in [0.4, 0.5) is 0 Å². The molecule has 2 rings (SSSR count). The van der Waals surface area contributed by atoms with E-state index in [4.69, 9.17) is 21.4 Å². The lowest BCUT2D eigenvalue weighted by Crippen LogP contribution is -2.08. The maximum Gasteiger partial charge on any atom is 0.354 e. The summed E-state index contributed by atoms with van der Waals surface area (Å²) >= 11 is 5.74. The molecule has 19 heavy (non-hydrogen) atoms. The van der Waals surface area contributed by atoms with E-state index in [9.17, 15) is 4.79 Å². The van der Waals surface area contributed by atoms with Gasteiger partial charge in [0, 0.05) is 6.07 Å². The Morgan fingerprint density at radius 3 is 2.79 bits per heavy atom. The molecule has 0 aliphatic rings. The monoisotopic (exact) mass is 278 g/mol. The van der Waals surface area contributed by atoms with Gasteiger partial charge in [0.05, 0.1) is 0 Å². The van der Waals surface area contributed by atoms with Crippen molar-refractivity contribution in [3.8, 4) is 5.75 Å². The van der Waals surface area contributed by atoms with E-state index in [1.54, 1.807) is 0 Å². The summed E-state index contributed by atoms with van der Waals surface area (Å²) in [6, 6.07) is 8.68. The molecule has 0 spiro atoms. The Labute approximate surface area is 114 Å². The first-order chi connectivity index (χ1) is 9.06. The van der Waals surface area contributed by atoms with Crippen LogP contribution >= 0.6 is 11.6 Å². The molecule has 1 aromatic carbocycles. The maximum absolute atomic E-state index is 10.8. The fraction of sp³-hybridized carbons (Fsp3) is 0.154. The number of halogens is 1. The quantitative estimate of drug-likeness (QED) is 0.871. The average molecular weight is 279 g/mol. The van der Waals surface area contributed by atoms with Gasteiger partial charge in [0.15, 0.2) is 11.5 Å². The Balaban J connectivity index is 2.16. The van der Waals surface area contributed by atoms with Crippen LogP contribution in [-0.4, -0.2) is 21.0 Å². The van der Waals surface area contributed by atoms with Crippen LogP contribution in [0.1, 0.15) is 21.9 Å². The number of carbonyl (C=O) groups is 1. The van der Waals surface area contributed by atoms with E-state index < -0.39 is 5.97 Å². The van der Waals surface area contributed by atoms with Crippen LogP contribution in [0.25, 0.3) is 0 Å². The van der Waals surface area contributed by atoms with Gasteiger partial charge in [0.2, 0.25) is 0 Å². The fourth-order valence-corrected chi connectivity index (χ4v) is 1.70. The number of carboxylic acid groups (broad SMARTS) is 1. The van der Waals surface area contributed by atoms with Crippen LogP contribution in [0.5, 0.6) is 5.75 Å². The van der Waals surface area contributed by atoms with Crippen molar-refractivity contribution in [2.75, 3.05) is 0 Å². The highest BCUT2D eigenvalue weighted by molar-refractivity contribution is 6.29. The van der Waals surface area contributed by atoms with Crippen molar-refractivity contribution in [1.82, 2.24) is 9.97 Å². The number of rotatable bonds is 4. The van der Waals surface area contributed by atoms with Gasteiger partial charge in [-0.3, -0.25) is 0 Å². The van der Waals surface area contributed by atoms with Gasteiger partial charge >= 0.3 is 5.97 Å². The second kappa shape index (κ2) is 5.67. The molecule has 0 fully saturated rings. The van der Waals surface area contributed by atoms with Crippen molar-refractivity contribution in [2.24, 2.45) is 0 Å². The smallest absolute Gasteiger partial charge is 0.354 e. The molecular formula is C13H11ClN2O3. The summed E-state index contributed by atoms with van der Waals surface area (Å²) in [5, 5.41) is 8.95. The lowest BCUT2D eigenvalue weighted by molar-refractivity contribution is 0.0689. The minimum absolute atomic E-state index is 0.0612. The third kappa shape index (κ3) is 3.42. The molecule has 1 heterocycles. The molecule has 0 unspecified atom stereocenters. The van der Waals surface area contributed by atoms with Gasteiger partial charge in [-0.05, 0) is 18.6 Å². The third-order valence-corrected chi connectivity index (χ3v) is 2.60. The van der Waals surface area contributed by atoms with Gasteiger partial charge < -0.3 is 9.84 Å². The Morgan fingerprint density at radius 1 is 1.37 bits per heavy atom. The fourth-order valence-electron chi connectivity index (χ4n) is 1.50. The lowest BCUT2D eigenvalue weighted by atomic mass is 10.2. The van der Waals surface area contributed by atoms with E-state index in [1.807, 2.05) is 31.2 Å². The molecule has 0 saturated heterocycles. The maximum atomic E-state index is 10.8. The summed E-state index contributed by atoms with van der Waals surface area (Å²) in [5.74, 6) is -0.224. The summed E-state index contributed by atoms with van der Waals surface area (Å²) in [7, 11) is 0. The average Bonchev–Trinajstić information content (AvgIpc) is 2.37. The molecule has 0 aliphatic carbocycles. The zero-order valence-corrected chi connectivity index (χ0v) is 10.9. The van der Waals surface area contributed by atoms with Gasteiger partial charge in [-0.2, -0.15) is 0 Å². The highest BCUT2D eigenvalue weighted by Crippen LogP contribution is 2.17. The summed E-state index contributed by atoms with van der Waals surface area (Å²) in [4.78, 5) is 18.6. The molecule has 0 atom stereocenters. The van der Waals surface area contributed by atoms with Crippen molar-refractivity contribution < 1.29 is 14.6 Å². The molecular weight excluding hydrogens is 268 g/mol. The highest BCUT2D eigenvalue weighted by atomic mass is 35.5. The van der Waals surface area contributed by atoms with Gasteiger partial charge in [-0.25, -0.2) is 14.8 Å². The van der Waals surface area contributed by atoms with Crippen molar-refractivity contribution in [1.29, 1.82) is 0 Å². The first-order valence-electron chi connectivity index (χ1n) is 5.51. The first-order valence-corrected chi connectivity index (χ1v) is 5.89. The highest BCUT2D eigenvalue weighted by Gasteiger charge is 2.10. The summed E-state index contributed by atoms with van der Waals surface area (Å²) < 4.78 is 5.54. The molecule has 2 aromatic rings. The summed E-state index contributed by atoms with van der Waals surface area (Å²) in [6.07, 6.45) is 0. The van der Waals surface area contributed by atoms with Crippen LogP contribution in [0.2, 0.25) is 5.15 Å². The Hall–Kier alpha value is -2.14. The number of hydrogen-bond donors (Lipinski definition) is 1. The van der Waals surface area contributed by atoms with E-state index in [0.717, 1.165) is 5.56 Å². The number of ether oxygens (including phenoxy) is 1. The predicted octanol–water partition coefficient (Wildman–Crippen LogP) is 2.72. The van der Waals surface area contributed by atoms with E-state index >= 15 is 0 Å². The van der Waals surface area contributed by atoms with Crippen LogP contribution in [0, 0.1) is 6.92 Å². The minimum atomic E-state index is -1.15. The normalized spacial score (nSPS) is 10.2. The molecule has 0 aliphatic heterocycles. The number of aryl methyl sites for hydroxylation is 1. The van der Waals surface area contributed by atoms with Crippen LogP contribution < -0.4 is 4.74 Å². The number of aromatic carboxylic acids is 1. The Morgan fingerprint density at radius 2 is 2.11 bits per heavy atom. The van der Waals surface area contributed by atoms with Crippen molar-refractivity contribution >= 4 is 17.6 Å². The Bertz CT molecular complexity index is 617. The molecule has 6 heteroatoms. The summed E-state index contributed by atoms with van der Waals surface area (Å²) in [5.41, 5.74) is 0.825. The second-order valence-corrected chi connectivity index (χ2v) is 4.24. The molecule has 5 nitrogen and oxygen atoms in total. The molecule has 0 bridgehead atoms. The molecule has 0 amide bonds. The van der Waals surface area contributed by atoms with Crippen LogP contribution in [0.15, 0.2) is 30.3 Å². The largest absolute Gasteiger partial charge is 0.485 e. The SMILES string of the molecule is Cc1ccccc1OCc1nc(Cl)cc(C(=O)O)n1. The van der Waals surface area contributed by atoms with E-state index in [1.165, 1.54) is 6.07 Å². The first kappa shape index (κ1) is 13.3. The lowest BCUT2D eigenvalue weighted by Gasteiger charge is -2.08. The third-order valence-electron chi connectivity index (χ3n) is 2.41. The second-order valence-electron chi connectivity index (χ2n) is 3.85. The van der Waals surface area contributed by atoms with Gasteiger partial charge in [0.1, 0.15) is 17.5 Å². The van der Waals surface area contributed by atoms with E-state index in [0.29, 0.717) is 5.75 Å². The van der Waals surface area contributed by atoms with E-state index in [-0.39, 0.29) is 23.3 Å². The summed E-state index contributed by atoms with van der Waals surface area (Å²) in [6.45, 7) is 1.97. The number of nitrogens with zero attached hydrogens (tertiary/aromatic N) is 2. The van der Waals surface area contributed by atoms with E-state index in [2.05, 4.69) is 9.97 Å². The van der Waals surface area contributed by atoms with Gasteiger partial charge in [-0.15, -0.1) is 0 Å². The molecule has 1 aromatic heterocycles. The number of aromatic nitrogens is 2. The number of para-hydroxylation sites is 1. The standard InChI is InChI=1S/C13H11ClN2O3/c1-8-4-2-3-5-10(8)19-7-12-15-9(13(17)18)6-11(14)16-12/h2-6H,7H2,1H3,(H,17,18). The molecule has 0 saturated carbocycles. The predicted molar refractivity (Wildman–Crippen MR) is 69.5 cm³/mol. The van der Waals surface area contributed by atoms with Crippen LogP contribution in [0.3, 0.4) is 0 Å². The molecule has 98 valence electrons.